The van der Waals surface area contributed by atoms with Gasteiger partial charge >= 0.3 is 0 Å². The number of hydrogen-bond acceptors (Lipinski definition) is 3. The van der Waals surface area contributed by atoms with Crippen LogP contribution in [0.3, 0.4) is 0 Å². The van der Waals surface area contributed by atoms with Crippen molar-refractivity contribution < 1.29 is 4.79 Å². The van der Waals surface area contributed by atoms with Gasteiger partial charge in [0, 0.05) is 35.8 Å². The molecule has 5 nitrogen and oxygen atoms in total. The average molecular weight is 280 g/mol. The summed E-state index contributed by atoms with van der Waals surface area (Å²) in [6.07, 6.45) is 5.57. The molecule has 0 spiro atoms. The van der Waals surface area contributed by atoms with Gasteiger partial charge in [-0.15, -0.1) is 0 Å². The summed E-state index contributed by atoms with van der Waals surface area (Å²) in [4.78, 5) is 20.3. The Morgan fingerprint density at radius 2 is 2.00 bits per heavy atom. The van der Waals surface area contributed by atoms with E-state index in [1.165, 1.54) is 0 Å². The molecule has 2 heterocycles. The molecule has 1 amide bonds. The van der Waals surface area contributed by atoms with Crippen LogP contribution in [-0.2, 0) is 4.79 Å². The van der Waals surface area contributed by atoms with Gasteiger partial charge in [0.05, 0.1) is 5.69 Å². The fourth-order valence-corrected chi connectivity index (χ4v) is 1.98. The van der Waals surface area contributed by atoms with Crippen molar-refractivity contribution in [1.82, 2.24) is 14.4 Å². The SMILES string of the molecule is CC(C)C(=O)Nc1ccc(-c2cn3cccnc3n2)cc1. The lowest BCUT2D eigenvalue weighted by Crippen LogP contribution is -2.17. The number of imidazole rings is 1. The molecule has 0 aliphatic carbocycles. The van der Waals surface area contributed by atoms with Crippen LogP contribution in [0.2, 0.25) is 0 Å². The van der Waals surface area contributed by atoms with E-state index in [2.05, 4.69) is 15.3 Å². The van der Waals surface area contributed by atoms with E-state index in [4.69, 9.17) is 0 Å². The van der Waals surface area contributed by atoms with E-state index < -0.39 is 0 Å². The van der Waals surface area contributed by atoms with E-state index in [9.17, 15) is 4.79 Å². The molecule has 1 N–H and O–H groups in total. The highest BCUT2D eigenvalue weighted by molar-refractivity contribution is 5.92. The lowest BCUT2D eigenvalue weighted by molar-refractivity contribution is -0.118. The molecule has 2 aromatic heterocycles. The summed E-state index contributed by atoms with van der Waals surface area (Å²) in [5.41, 5.74) is 2.64. The van der Waals surface area contributed by atoms with Crippen LogP contribution in [0, 0.1) is 5.92 Å². The van der Waals surface area contributed by atoms with Gasteiger partial charge in [0.2, 0.25) is 11.7 Å². The van der Waals surface area contributed by atoms with Gasteiger partial charge < -0.3 is 5.32 Å². The van der Waals surface area contributed by atoms with Crippen molar-refractivity contribution in [2.24, 2.45) is 5.92 Å². The summed E-state index contributed by atoms with van der Waals surface area (Å²) in [7, 11) is 0. The van der Waals surface area contributed by atoms with Crippen molar-refractivity contribution >= 4 is 17.4 Å². The van der Waals surface area contributed by atoms with Gasteiger partial charge in [-0.2, -0.15) is 0 Å². The van der Waals surface area contributed by atoms with Crippen molar-refractivity contribution in [2.75, 3.05) is 5.32 Å². The smallest absolute Gasteiger partial charge is 0.234 e. The number of amides is 1. The van der Waals surface area contributed by atoms with Crippen LogP contribution in [0.5, 0.6) is 0 Å². The van der Waals surface area contributed by atoms with Gasteiger partial charge in [-0.25, -0.2) is 9.97 Å². The molecule has 0 saturated heterocycles. The zero-order valence-corrected chi connectivity index (χ0v) is 11.9. The summed E-state index contributed by atoms with van der Waals surface area (Å²) in [6, 6.07) is 9.51. The third-order valence-corrected chi connectivity index (χ3v) is 3.21. The normalized spacial score (nSPS) is 11.0. The molecule has 5 heteroatoms. The summed E-state index contributed by atoms with van der Waals surface area (Å²) >= 11 is 0. The van der Waals surface area contributed by atoms with Crippen LogP contribution in [-0.4, -0.2) is 20.3 Å². The Morgan fingerprint density at radius 1 is 1.24 bits per heavy atom. The third-order valence-electron chi connectivity index (χ3n) is 3.21. The standard InChI is InChI=1S/C16H16N4O/c1-11(2)15(21)18-13-6-4-12(5-7-13)14-10-20-9-3-8-17-16(20)19-14/h3-11H,1-2H3,(H,18,21). The quantitative estimate of drug-likeness (QED) is 0.802. The van der Waals surface area contributed by atoms with Crippen molar-refractivity contribution in [3.63, 3.8) is 0 Å². The number of rotatable bonds is 3. The summed E-state index contributed by atoms with van der Waals surface area (Å²) in [5.74, 6) is 0.651. The Balaban J connectivity index is 1.85. The molecule has 21 heavy (non-hydrogen) atoms. The molecule has 3 aromatic rings. The summed E-state index contributed by atoms with van der Waals surface area (Å²) in [5, 5.41) is 2.87. The molecule has 0 saturated carbocycles. The monoisotopic (exact) mass is 280 g/mol. The lowest BCUT2D eigenvalue weighted by Gasteiger charge is -2.07. The van der Waals surface area contributed by atoms with Crippen molar-refractivity contribution in [3.8, 4) is 11.3 Å². The number of aromatic nitrogens is 3. The highest BCUT2D eigenvalue weighted by atomic mass is 16.1. The second-order valence-corrected chi connectivity index (χ2v) is 5.17. The van der Waals surface area contributed by atoms with E-state index in [1.54, 1.807) is 6.20 Å². The number of carbonyl (C=O) groups is 1. The Hall–Kier alpha value is -2.69. The predicted octanol–water partition coefficient (Wildman–Crippen LogP) is 2.99. The molecule has 1 aromatic carbocycles. The molecule has 0 bridgehead atoms. The van der Waals surface area contributed by atoms with E-state index in [-0.39, 0.29) is 11.8 Å². The molecule has 0 fully saturated rings. The maximum Gasteiger partial charge on any atom is 0.234 e. The maximum atomic E-state index is 11.6. The van der Waals surface area contributed by atoms with Crippen LogP contribution >= 0.6 is 0 Å². The maximum absolute atomic E-state index is 11.6. The number of anilines is 1. The second kappa shape index (κ2) is 5.36. The number of nitrogens with zero attached hydrogens (tertiary/aromatic N) is 3. The van der Waals surface area contributed by atoms with Gasteiger partial charge in [-0.05, 0) is 18.2 Å². The number of nitrogens with one attached hydrogen (secondary N) is 1. The van der Waals surface area contributed by atoms with E-state index in [0.29, 0.717) is 5.78 Å². The van der Waals surface area contributed by atoms with Crippen LogP contribution in [0.15, 0.2) is 48.9 Å². The van der Waals surface area contributed by atoms with E-state index in [1.807, 2.05) is 61.0 Å². The Bertz CT molecular complexity index is 741. The first-order chi connectivity index (χ1) is 10.1. The fraction of sp³-hybridized carbons (Fsp3) is 0.188. The van der Waals surface area contributed by atoms with E-state index >= 15 is 0 Å². The summed E-state index contributed by atoms with van der Waals surface area (Å²) in [6.45, 7) is 3.74. The van der Waals surface area contributed by atoms with Crippen LogP contribution in [0.1, 0.15) is 13.8 Å². The van der Waals surface area contributed by atoms with Crippen LogP contribution in [0.4, 0.5) is 5.69 Å². The molecular weight excluding hydrogens is 264 g/mol. The number of benzene rings is 1. The second-order valence-electron chi connectivity index (χ2n) is 5.17. The highest BCUT2D eigenvalue weighted by Gasteiger charge is 2.08. The number of fused-ring (bicyclic) bond motifs is 1. The molecule has 106 valence electrons. The number of hydrogen-bond donors (Lipinski definition) is 1. The van der Waals surface area contributed by atoms with Gasteiger partial charge in [-0.3, -0.25) is 9.20 Å². The van der Waals surface area contributed by atoms with Gasteiger partial charge in [0.15, 0.2) is 0 Å². The first kappa shape index (κ1) is 13.3. The first-order valence-corrected chi connectivity index (χ1v) is 6.84. The molecule has 0 atom stereocenters. The minimum Gasteiger partial charge on any atom is -0.326 e. The molecule has 0 aliphatic heterocycles. The third kappa shape index (κ3) is 2.76. The van der Waals surface area contributed by atoms with Crippen molar-refractivity contribution in [3.05, 3.63) is 48.9 Å². The molecule has 3 rings (SSSR count). The van der Waals surface area contributed by atoms with Crippen molar-refractivity contribution in [1.29, 1.82) is 0 Å². The minimum atomic E-state index is -0.0332. The van der Waals surface area contributed by atoms with Crippen LogP contribution in [0.25, 0.3) is 17.0 Å². The molecule has 0 unspecified atom stereocenters. The molecule has 0 aliphatic rings. The van der Waals surface area contributed by atoms with E-state index in [0.717, 1.165) is 16.9 Å². The van der Waals surface area contributed by atoms with Gasteiger partial charge in [0.1, 0.15) is 0 Å². The zero-order valence-electron chi connectivity index (χ0n) is 11.9. The molecule has 0 radical (unpaired) electrons. The largest absolute Gasteiger partial charge is 0.326 e. The predicted molar refractivity (Wildman–Crippen MR) is 81.9 cm³/mol. The minimum absolute atomic E-state index is 0.0136. The van der Waals surface area contributed by atoms with Crippen LogP contribution < -0.4 is 5.32 Å². The highest BCUT2D eigenvalue weighted by Crippen LogP contribution is 2.21. The van der Waals surface area contributed by atoms with Gasteiger partial charge in [0.25, 0.3) is 0 Å². The summed E-state index contributed by atoms with van der Waals surface area (Å²) < 4.78 is 1.88. The lowest BCUT2D eigenvalue weighted by atomic mass is 10.1. The Kier molecular flexibility index (Phi) is 3.39. The number of carbonyl (C=O) groups excluding carboxylic acids is 1. The van der Waals surface area contributed by atoms with Gasteiger partial charge in [-0.1, -0.05) is 26.0 Å². The fourth-order valence-electron chi connectivity index (χ4n) is 1.98. The first-order valence-electron chi connectivity index (χ1n) is 6.84. The van der Waals surface area contributed by atoms with Crippen molar-refractivity contribution in [2.45, 2.75) is 13.8 Å². The zero-order chi connectivity index (χ0) is 14.8. The Morgan fingerprint density at radius 3 is 2.67 bits per heavy atom. The average Bonchev–Trinajstić information content (AvgIpc) is 2.91. The Labute approximate surface area is 122 Å². The topological polar surface area (TPSA) is 59.3 Å². The molecular formula is C16H16N4O.